The lowest BCUT2D eigenvalue weighted by Gasteiger charge is -2.14. The molecule has 0 aliphatic heterocycles. The molecule has 0 amide bonds. The summed E-state index contributed by atoms with van der Waals surface area (Å²) in [6.45, 7) is 0. The number of ether oxygens (including phenoxy) is 1. The molecule has 0 unspecified atom stereocenters. The van der Waals surface area contributed by atoms with Gasteiger partial charge in [-0.3, -0.25) is 0 Å². The van der Waals surface area contributed by atoms with Crippen LogP contribution in [-0.4, -0.2) is 43.2 Å². The molecule has 0 atom stereocenters. The van der Waals surface area contributed by atoms with Gasteiger partial charge in [-0.05, 0) is 28.1 Å². The molecule has 2 N–H and O–H groups in total. The number of anilines is 4. The maximum Gasteiger partial charge on any atom is 0.233 e. The molecule has 1 aromatic carbocycles. The third-order valence-electron chi connectivity index (χ3n) is 2.67. The topological polar surface area (TPSA) is 75.2 Å². The van der Waals surface area contributed by atoms with Crippen molar-refractivity contribution in [3.05, 3.63) is 22.7 Å². The van der Waals surface area contributed by atoms with E-state index >= 15 is 0 Å². The van der Waals surface area contributed by atoms with Crippen LogP contribution >= 0.6 is 15.9 Å². The average Bonchev–Trinajstić information content (AvgIpc) is 2.49. The zero-order chi connectivity index (χ0) is 15.4. The van der Waals surface area contributed by atoms with E-state index in [4.69, 9.17) is 4.74 Å². The van der Waals surface area contributed by atoms with Gasteiger partial charge >= 0.3 is 0 Å². The number of benzene rings is 1. The lowest BCUT2D eigenvalue weighted by atomic mass is 10.3. The van der Waals surface area contributed by atoms with Gasteiger partial charge in [-0.25, -0.2) is 0 Å². The van der Waals surface area contributed by atoms with Gasteiger partial charge in [0, 0.05) is 31.7 Å². The minimum absolute atomic E-state index is 0.451. The van der Waals surface area contributed by atoms with Crippen molar-refractivity contribution in [2.75, 3.05) is 43.8 Å². The van der Waals surface area contributed by atoms with Gasteiger partial charge in [-0.15, -0.1) is 0 Å². The molecule has 7 nitrogen and oxygen atoms in total. The van der Waals surface area contributed by atoms with Crippen LogP contribution in [0.3, 0.4) is 0 Å². The highest BCUT2D eigenvalue weighted by Gasteiger charge is 2.09. The monoisotopic (exact) mass is 352 g/mol. The standard InChI is InChI=1S/C13H17BrN6O/c1-15-11-17-12(19-13(18-11)20(2)3)16-10-7-8(21-4)5-6-9(10)14/h5-7H,1-4H3,(H2,15,16,17,18,19). The van der Waals surface area contributed by atoms with Gasteiger partial charge < -0.3 is 20.3 Å². The number of hydrogen-bond acceptors (Lipinski definition) is 7. The lowest BCUT2D eigenvalue weighted by Crippen LogP contribution is -2.15. The molecule has 0 aliphatic carbocycles. The molecule has 1 aromatic heterocycles. The van der Waals surface area contributed by atoms with Crippen LogP contribution in [0.1, 0.15) is 0 Å². The van der Waals surface area contributed by atoms with Gasteiger partial charge in [0.2, 0.25) is 17.8 Å². The molecule has 0 saturated carbocycles. The second-order valence-corrected chi connectivity index (χ2v) is 5.25. The molecule has 2 rings (SSSR count). The van der Waals surface area contributed by atoms with Crippen LogP contribution in [0.25, 0.3) is 0 Å². The number of hydrogen-bond donors (Lipinski definition) is 2. The summed E-state index contributed by atoms with van der Waals surface area (Å²) in [5.41, 5.74) is 0.812. The lowest BCUT2D eigenvalue weighted by molar-refractivity contribution is 0.415. The SMILES string of the molecule is CNc1nc(Nc2cc(OC)ccc2Br)nc(N(C)C)n1. The Hall–Kier alpha value is -2.09. The highest BCUT2D eigenvalue weighted by Crippen LogP contribution is 2.29. The van der Waals surface area contributed by atoms with Crippen molar-refractivity contribution < 1.29 is 4.74 Å². The fourth-order valence-electron chi connectivity index (χ4n) is 1.58. The molecule has 2 aromatic rings. The predicted molar refractivity (Wildman–Crippen MR) is 87.7 cm³/mol. The highest BCUT2D eigenvalue weighted by molar-refractivity contribution is 9.10. The number of nitrogens with one attached hydrogen (secondary N) is 2. The Balaban J connectivity index is 2.36. The first-order chi connectivity index (χ1) is 10.0. The maximum atomic E-state index is 5.22. The van der Waals surface area contributed by atoms with Crippen LogP contribution in [0, 0.1) is 0 Å². The number of nitrogens with zero attached hydrogens (tertiary/aromatic N) is 4. The summed E-state index contributed by atoms with van der Waals surface area (Å²) in [6.07, 6.45) is 0. The van der Waals surface area contributed by atoms with Crippen LogP contribution in [0.2, 0.25) is 0 Å². The average molecular weight is 353 g/mol. The minimum Gasteiger partial charge on any atom is -0.497 e. The molecule has 0 fully saturated rings. The van der Waals surface area contributed by atoms with Crippen LogP contribution < -0.4 is 20.3 Å². The van der Waals surface area contributed by atoms with Gasteiger partial charge in [-0.1, -0.05) is 0 Å². The van der Waals surface area contributed by atoms with E-state index in [0.29, 0.717) is 17.8 Å². The summed E-state index contributed by atoms with van der Waals surface area (Å²) in [5.74, 6) is 2.26. The van der Waals surface area contributed by atoms with Crippen molar-refractivity contribution in [3.8, 4) is 5.75 Å². The Labute approximate surface area is 131 Å². The third-order valence-corrected chi connectivity index (χ3v) is 3.36. The first-order valence-electron chi connectivity index (χ1n) is 6.25. The van der Waals surface area contributed by atoms with Crippen molar-refractivity contribution in [3.63, 3.8) is 0 Å². The zero-order valence-corrected chi connectivity index (χ0v) is 13.9. The molecular formula is C13H17BrN6O. The van der Waals surface area contributed by atoms with Gasteiger partial charge in [-0.2, -0.15) is 15.0 Å². The van der Waals surface area contributed by atoms with E-state index in [0.717, 1.165) is 15.9 Å². The van der Waals surface area contributed by atoms with E-state index < -0.39 is 0 Å². The van der Waals surface area contributed by atoms with Crippen LogP contribution in [-0.2, 0) is 0 Å². The molecule has 112 valence electrons. The smallest absolute Gasteiger partial charge is 0.233 e. The van der Waals surface area contributed by atoms with E-state index in [1.807, 2.05) is 37.2 Å². The summed E-state index contributed by atoms with van der Waals surface area (Å²) >= 11 is 3.48. The molecule has 21 heavy (non-hydrogen) atoms. The fourth-order valence-corrected chi connectivity index (χ4v) is 1.93. The van der Waals surface area contributed by atoms with Gasteiger partial charge in [0.1, 0.15) is 5.75 Å². The van der Waals surface area contributed by atoms with Crippen molar-refractivity contribution in [2.24, 2.45) is 0 Å². The second-order valence-electron chi connectivity index (χ2n) is 4.40. The Kier molecular flexibility index (Phi) is 4.79. The van der Waals surface area contributed by atoms with Crippen molar-refractivity contribution in [1.82, 2.24) is 15.0 Å². The van der Waals surface area contributed by atoms with Crippen molar-refractivity contribution >= 4 is 39.5 Å². The minimum atomic E-state index is 0.451. The summed E-state index contributed by atoms with van der Waals surface area (Å²) < 4.78 is 6.11. The molecule has 0 bridgehead atoms. The molecule has 8 heteroatoms. The molecule has 0 radical (unpaired) electrons. The highest BCUT2D eigenvalue weighted by atomic mass is 79.9. The number of halogens is 1. The molecule has 1 heterocycles. The van der Waals surface area contributed by atoms with E-state index in [1.165, 1.54) is 0 Å². The summed E-state index contributed by atoms with van der Waals surface area (Å²) in [6, 6.07) is 5.63. The maximum absolute atomic E-state index is 5.22. The zero-order valence-electron chi connectivity index (χ0n) is 12.3. The third kappa shape index (κ3) is 3.72. The summed E-state index contributed by atoms with van der Waals surface area (Å²) in [5, 5.41) is 6.08. The van der Waals surface area contributed by atoms with Crippen LogP contribution in [0.4, 0.5) is 23.5 Å². The quantitative estimate of drug-likeness (QED) is 0.855. The molecule has 0 spiro atoms. The predicted octanol–water partition coefficient (Wildman–Crippen LogP) is 2.49. The van der Waals surface area contributed by atoms with Gasteiger partial charge in [0.15, 0.2) is 0 Å². The fraction of sp³-hybridized carbons (Fsp3) is 0.308. The Morgan fingerprint density at radius 1 is 1.14 bits per heavy atom. The largest absolute Gasteiger partial charge is 0.497 e. The Morgan fingerprint density at radius 2 is 1.86 bits per heavy atom. The van der Waals surface area contributed by atoms with E-state index in [9.17, 15) is 0 Å². The van der Waals surface area contributed by atoms with E-state index in [-0.39, 0.29) is 0 Å². The summed E-state index contributed by atoms with van der Waals surface area (Å²) in [4.78, 5) is 14.7. The number of rotatable bonds is 5. The molecule has 0 aliphatic rings. The Bertz CT molecular complexity index is 634. The molecule has 0 saturated heterocycles. The Morgan fingerprint density at radius 3 is 2.48 bits per heavy atom. The normalized spacial score (nSPS) is 10.1. The van der Waals surface area contributed by atoms with Gasteiger partial charge in [0.05, 0.1) is 12.8 Å². The molecular weight excluding hydrogens is 336 g/mol. The van der Waals surface area contributed by atoms with E-state index in [2.05, 4.69) is 41.5 Å². The van der Waals surface area contributed by atoms with Crippen molar-refractivity contribution in [2.45, 2.75) is 0 Å². The van der Waals surface area contributed by atoms with E-state index in [1.54, 1.807) is 14.2 Å². The first-order valence-corrected chi connectivity index (χ1v) is 7.04. The van der Waals surface area contributed by atoms with Crippen LogP contribution in [0.5, 0.6) is 5.75 Å². The number of aromatic nitrogens is 3. The second kappa shape index (κ2) is 6.57. The van der Waals surface area contributed by atoms with Crippen molar-refractivity contribution in [1.29, 1.82) is 0 Å². The van der Waals surface area contributed by atoms with Crippen LogP contribution in [0.15, 0.2) is 22.7 Å². The summed E-state index contributed by atoms with van der Waals surface area (Å²) in [7, 11) is 7.14. The first kappa shape index (κ1) is 15.3. The number of methoxy groups -OCH3 is 1. The van der Waals surface area contributed by atoms with Gasteiger partial charge in [0.25, 0.3) is 0 Å².